The molecule has 1 aromatic heterocycles. The molecule has 1 saturated heterocycles. The van der Waals surface area contributed by atoms with Crippen LogP contribution in [0.1, 0.15) is 68.1 Å². The Morgan fingerprint density at radius 3 is 2.41 bits per heavy atom. The van der Waals surface area contributed by atoms with Crippen LogP contribution in [-0.4, -0.2) is 50.8 Å². The second kappa shape index (κ2) is 9.91. The molecule has 1 aliphatic heterocycles. The van der Waals surface area contributed by atoms with Gasteiger partial charge < -0.3 is 10.1 Å². The number of ketones is 1. The molecular formula is C26H32N4O4. The van der Waals surface area contributed by atoms with Crippen LogP contribution in [0.2, 0.25) is 0 Å². The molecule has 4 rings (SSSR count). The molecule has 2 heterocycles. The number of anilines is 1. The van der Waals surface area contributed by atoms with Crippen LogP contribution in [0.5, 0.6) is 0 Å². The summed E-state index contributed by atoms with van der Waals surface area (Å²) in [7, 11) is 0. The Balaban J connectivity index is 1.44. The molecule has 2 amide bonds. The van der Waals surface area contributed by atoms with Gasteiger partial charge in [0.2, 0.25) is 5.91 Å². The van der Waals surface area contributed by atoms with Crippen LogP contribution in [0.3, 0.4) is 0 Å². The monoisotopic (exact) mass is 464 g/mol. The first-order valence-corrected chi connectivity index (χ1v) is 11.9. The van der Waals surface area contributed by atoms with Crippen molar-refractivity contribution in [1.82, 2.24) is 14.9 Å². The number of Topliss-reactive ketones (excluding diaryl/α,β-unsaturated/α-hetero) is 1. The number of piperidine rings is 1. The Kier molecular flexibility index (Phi) is 6.95. The standard InChI is InChI=1S/C26H32N4O4/c1-26(2,3)34-25(33)30-13-7-6-10-20(30)24(32)29-23-22(27-11-12-28-23)21(31)16-17-14-18-8-4-5-9-19(18)15-17/h4-5,8-9,11-12,17,20H,6-7,10,13-16H2,1-3H3,(H,28,29,32). The van der Waals surface area contributed by atoms with Gasteiger partial charge in [0, 0.05) is 25.4 Å². The van der Waals surface area contributed by atoms with Gasteiger partial charge in [-0.25, -0.2) is 14.8 Å². The van der Waals surface area contributed by atoms with Crippen LogP contribution in [0, 0.1) is 5.92 Å². The summed E-state index contributed by atoms with van der Waals surface area (Å²) >= 11 is 0. The fourth-order valence-corrected chi connectivity index (χ4v) is 4.73. The van der Waals surface area contributed by atoms with Crippen molar-refractivity contribution in [3.8, 4) is 0 Å². The van der Waals surface area contributed by atoms with Crippen LogP contribution in [0.15, 0.2) is 36.7 Å². The SMILES string of the molecule is CC(C)(C)OC(=O)N1CCCCC1C(=O)Nc1nccnc1C(=O)CC1Cc2ccccc2C1. The van der Waals surface area contributed by atoms with E-state index in [0.717, 1.165) is 25.7 Å². The van der Waals surface area contributed by atoms with Gasteiger partial charge in [-0.2, -0.15) is 0 Å². The molecule has 34 heavy (non-hydrogen) atoms. The molecule has 0 spiro atoms. The smallest absolute Gasteiger partial charge is 0.410 e. The lowest BCUT2D eigenvalue weighted by Crippen LogP contribution is -2.51. The summed E-state index contributed by atoms with van der Waals surface area (Å²) in [6.07, 6.45) is 6.60. The summed E-state index contributed by atoms with van der Waals surface area (Å²) in [4.78, 5) is 48.9. The number of aromatic nitrogens is 2. The van der Waals surface area contributed by atoms with E-state index in [2.05, 4.69) is 27.4 Å². The number of likely N-dealkylation sites (tertiary alicyclic amines) is 1. The Bertz CT molecular complexity index is 1050. The maximum atomic E-state index is 13.2. The van der Waals surface area contributed by atoms with Crippen LogP contribution in [0.4, 0.5) is 10.6 Å². The number of fused-ring (bicyclic) bond motifs is 1. The van der Waals surface area contributed by atoms with E-state index in [-0.39, 0.29) is 29.1 Å². The van der Waals surface area contributed by atoms with E-state index in [0.29, 0.717) is 19.4 Å². The number of amides is 2. The summed E-state index contributed by atoms with van der Waals surface area (Å²) in [5.41, 5.74) is 2.08. The van der Waals surface area contributed by atoms with Gasteiger partial charge in [0.15, 0.2) is 11.6 Å². The van der Waals surface area contributed by atoms with E-state index in [9.17, 15) is 14.4 Å². The van der Waals surface area contributed by atoms with Gasteiger partial charge in [-0.1, -0.05) is 24.3 Å². The minimum Gasteiger partial charge on any atom is -0.444 e. The van der Waals surface area contributed by atoms with Crippen molar-refractivity contribution in [3.63, 3.8) is 0 Å². The Labute approximate surface area is 200 Å². The first-order valence-electron chi connectivity index (χ1n) is 11.9. The predicted octanol–water partition coefficient (Wildman–Crippen LogP) is 4.19. The highest BCUT2D eigenvalue weighted by molar-refractivity contribution is 6.04. The summed E-state index contributed by atoms with van der Waals surface area (Å²) in [5, 5.41) is 2.77. The summed E-state index contributed by atoms with van der Waals surface area (Å²) in [5.74, 6) is -0.179. The lowest BCUT2D eigenvalue weighted by molar-refractivity contribution is -0.122. The number of carbonyl (C=O) groups excluding carboxylic acids is 3. The number of nitrogens with one attached hydrogen (secondary N) is 1. The van der Waals surface area contributed by atoms with Crippen LogP contribution >= 0.6 is 0 Å². The molecular weight excluding hydrogens is 432 g/mol. The molecule has 0 bridgehead atoms. The van der Waals surface area contributed by atoms with E-state index < -0.39 is 17.7 Å². The van der Waals surface area contributed by atoms with Gasteiger partial charge in [0.25, 0.3) is 0 Å². The number of ether oxygens (including phenoxy) is 1. The number of rotatable bonds is 5. The van der Waals surface area contributed by atoms with Crippen molar-refractivity contribution >= 4 is 23.6 Å². The fourth-order valence-electron chi connectivity index (χ4n) is 4.73. The molecule has 1 unspecified atom stereocenters. The molecule has 0 radical (unpaired) electrons. The second-order valence-corrected chi connectivity index (χ2v) is 10.1. The Morgan fingerprint density at radius 2 is 1.74 bits per heavy atom. The van der Waals surface area contributed by atoms with Crippen molar-refractivity contribution in [2.24, 2.45) is 5.92 Å². The number of hydrogen-bond acceptors (Lipinski definition) is 6. The molecule has 180 valence electrons. The van der Waals surface area contributed by atoms with Crippen molar-refractivity contribution in [1.29, 1.82) is 0 Å². The van der Waals surface area contributed by atoms with Gasteiger partial charge in [-0.15, -0.1) is 0 Å². The third kappa shape index (κ3) is 5.61. The molecule has 8 nitrogen and oxygen atoms in total. The summed E-state index contributed by atoms with van der Waals surface area (Å²) in [6.45, 7) is 5.83. The van der Waals surface area contributed by atoms with E-state index in [1.807, 2.05) is 12.1 Å². The fraction of sp³-hybridized carbons (Fsp3) is 0.500. The second-order valence-electron chi connectivity index (χ2n) is 10.1. The van der Waals surface area contributed by atoms with Crippen molar-refractivity contribution in [2.75, 3.05) is 11.9 Å². The third-order valence-corrected chi connectivity index (χ3v) is 6.25. The van der Waals surface area contributed by atoms with Gasteiger partial charge in [-0.3, -0.25) is 14.5 Å². The number of hydrogen-bond donors (Lipinski definition) is 1. The predicted molar refractivity (Wildman–Crippen MR) is 128 cm³/mol. The third-order valence-electron chi connectivity index (χ3n) is 6.25. The highest BCUT2D eigenvalue weighted by Crippen LogP contribution is 2.30. The maximum absolute atomic E-state index is 13.2. The molecule has 1 N–H and O–H groups in total. The minimum atomic E-state index is -0.683. The molecule has 8 heteroatoms. The van der Waals surface area contributed by atoms with Gasteiger partial charge >= 0.3 is 6.09 Å². The van der Waals surface area contributed by atoms with Crippen molar-refractivity contribution in [2.45, 2.75) is 70.9 Å². The average Bonchev–Trinajstić information content (AvgIpc) is 3.20. The zero-order valence-electron chi connectivity index (χ0n) is 20.0. The summed E-state index contributed by atoms with van der Waals surface area (Å²) < 4.78 is 5.50. The van der Waals surface area contributed by atoms with E-state index in [4.69, 9.17) is 4.74 Å². The quantitative estimate of drug-likeness (QED) is 0.666. The van der Waals surface area contributed by atoms with Crippen LogP contribution in [-0.2, 0) is 22.4 Å². The number of benzene rings is 1. The largest absolute Gasteiger partial charge is 0.444 e. The first kappa shape index (κ1) is 23.9. The molecule has 0 saturated carbocycles. The summed E-state index contributed by atoms with van der Waals surface area (Å²) in [6, 6.07) is 7.57. The van der Waals surface area contributed by atoms with Crippen LogP contribution < -0.4 is 5.32 Å². The molecule has 1 aliphatic carbocycles. The zero-order valence-corrected chi connectivity index (χ0v) is 20.0. The van der Waals surface area contributed by atoms with E-state index in [1.54, 1.807) is 20.8 Å². The normalized spacial score (nSPS) is 18.3. The lowest BCUT2D eigenvalue weighted by atomic mass is 9.97. The first-order chi connectivity index (χ1) is 16.2. The maximum Gasteiger partial charge on any atom is 0.410 e. The van der Waals surface area contributed by atoms with Gasteiger partial charge in [0.1, 0.15) is 17.3 Å². The van der Waals surface area contributed by atoms with Gasteiger partial charge in [-0.05, 0) is 69.9 Å². The molecule has 2 aliphatic rings. The Morgan fingerprint density at radius 1 is 1.06 bits per heavy atom. The lowest BCUT2D eigenvalue weighted by Gasteiger charge is -2.35. The Hall–Kier alpha value is -3.29. The molecule has 1 aromatic carbocycles. The van der Waals surface area contributed by atoms with Gasteiger partial charge in [0.05, 0.1) is 0 Å². The van der Waals surface area contributed by atoms with E-state index >= 15 is 0 Å². The van der Waals surface area contributed by atoms with Crippen LogP contribution in [0.25, 0.3) is 0 Å². The zero-order chi connectivity index (χ0) is 24.3. The average molecular weight is 465 g/mol. The van der Waals surface area contributed by atoms with Crippen molar-refractivity contribution < 1.29 is 19.1 Å². The molecule has 1 atom stereocenters. The van der Waals surface area contributed by atoms with Crippen molar-refractivity contribution in [3.05, 3.63) is 53.5 Å². The number of carbonyl (C=O) groups is 3. The molecule has 1 fully saturated rings. The number of nitrogens with zero attached hydrogens (tertiary/aromatic N) is 3. The molecule has 2 aromatic rings. The highest BCUT2D eigenvalue weighted by Gasteiger charge is 2.35. The highest BCUT2D eigenvalue weighted by atomic mass is 16.6. The van der Waals surface area contributed by atoms with E-state index in [1.165, 1.54) is 28.4 Å². The minimum absolute atomic E-state index is 0.141. The topological polar surface area (TPSA) is 101 Å².